The molecule has 0 saturated carbocycles. The topological polar surface area (TPSA) is 140 Å². The molecule has 1 aromatic rings. The zero-order valence-corrected chi connectivity index (χ0v) is 24.7. The summed E-state index contributed by atoms with van der Waals surface area (Å²) in [5.41, 5.74) is 0.726. The minimum atomic E-state index is -1.35. The highest BCUT2D eigenvalue weighted by molar-refractivity contribution is 5.95. The molecule has 1 aliphatic heterocycles. The van der Waals surface area contributed by atoms with Crippen molar-refractivity contribution in [1.29, 1.82) is 0 Å². The fraction of sp³-hybridized carbons (Fsp3) is 0.633. The number of esters is 2. The van der Waals surface area contributed by atoms with Gasteiger partial charge in [0.1, 0.15) is 18.1 Å². The van der Waals surface area contributed by atoms with Crippen molar-refractivity contribution in [3.63, 3.8) is 0 Å². The standard InChI is InChI=1S/C30H45N3O7/c1-8-21-29(37)40-24(16-20-12-10-9-11-13-20)30(38)39-23(15-18(4)5)27(35)32-22(14-17(2)3)26(34)33-25(19(6)7)28(36)31-21/h9-13,17-19,21-25H,8,14-16H2,1-7H3,(H,31,36)(H,32,35)(H,33,34)/t21-,22+,23-,24-,25-/m0/s1. The Balaban J connectivity index is 2.54. The predicted octanol–water partition coefficient (Wildman–Crippen LogP) is 2.68. The van der Waals surface area contributed by atoms with E-state index in [1.54, 1.807) is 45.0 Å². The Labute approximate surface area is 237 Å². The number of amides is 3. The maximum atomic E-state index is 13.4. The number of carbonyl (C=O) groups excluding carboxylic acids is 5. The number of cyclic esters (lactones) is 2. The average Bonchev–Trinajstić information content (AvgIpc) is 2.88. The monoisotopic (exact) mass is 559 g/mol. The number of hydrogen-bond donors (Lipinski definition) is 3. The van der Waals surface area contributed by atoms with Gasteiger partial charge in [-0.05, 0) is 42.6 Å². The number of benzene rings is 1. The molecule has 0 spiro atoms. The molecule has 1 aliphatic rings. The van der Waals surface area contributed by atoms with Crippen molar-refractivity contribution < 1.29 is 33.4 Å². The van der Waals surface area contributed by atoms with Crippen LogP contribution in [0.3, 0.4) is 0 Å². The molecule has 10 nitrogen and oxygen atoms in total. The summed E-state index contributed by atoms with van der Waals surface area (Å²) in [6, 6.07) is 6.01. The summed E-state index contributed by atoms with van der Waals surface area (Å²) in [7, 11) is 0. The van der Waals surface area contributed by atoms with E-state index in [1.165, 1.54) is 0 Å². The lowest BCUT2D eigenvalue weighted by Gasteiger charge is -2.28. The normalized spacial score (nSPS) is 25.4. The van der Waals surface area contributed by atoms with Crippen LogP contribution in [0.25, 0.3) is 0 Å². The predicted molar refractivity (Wildman–Crippen MR) is 150 cm³/mol. The zero-order valence-electron chi connectivity index (χ0n) is 24.7. The van der Waals surface area contributed by atoms with E-state index in [2.05, 4.69) is 16.0 Å². The molecular formula is C30H45N3O7. The van der Waals surface area contributed by atoms with Crippen molar-refractivity contribution in [1.82, 2.24) is 16.0 Å². The molecule has 0 aromatic heterocycles. The molecule has 3 N–H and O–H groups in total. The van der Waals surface area contributed by atoms with Crippen LogP contribution in [-0.2, 0) is 39.9 Å². The van der Waals surface area contributed by atoms with Gasteiger partial charge in [0.15, 0.2) is 6.10 Å². The quantitative estimate of drug-likeness (QED) is 0.416. The first-order valence-electron chi connectivity index (χ1n) is 14.2. The molecule has 222 valence electrons. The number of nitrogens with one attached hydrogen (secondary N) is 3. The third-order valence-corrected chi connectivity index (χ3v) is 6.62. The summed E-state index contributed by atoms with van der Waals surface area (Å²) in [5, 5.41) is 8.16. The molecule has 40 heavy (non-hydrogen) atoms. The van der Waals surface area contributed by atoms with Crippen LogP contribution >= 0.6 is 0 Å². The molecule has 1 fully saturated rings. The Morgan fingerprint density at radius 2 is 1.25 bits per heavy atom. The van der Waals surface area contributed by atoms with Gasteiger partial charge in [-0.15, -0.1) is 0 Å². The Morgan fingerprint density at radius 3 is 1.80 bits per heavy atom. The van der Waals surface area contributed by atoms with Crippen molar-refractivity contribution in [3.05, 3.63) is 35.9 Å². The summed E-state index contributed by atoms with van der Waals surface area (Å²) in [6.07, 6.45) is -1.83. The first-order valence-corrected chi connectivity index (χ1v) is 14.2. The summed E-state index contributed by atoms with van der Waals surface area (Å²) in [5.74, 6) is -3.68. The molecule has 5 atom stereocenters. The van der Waals surface area contributed by atoms with Crippen LogP contribution in [0, 0.1) is 17.8 Å². The molecule has 2 rings (SSSR count). The average molecular weight is 560 g/mol. The van der Waals surface area contributed by atoms with E-state index in [-0.39, 0.29) is 37.0 Å². The van der Waals surface area contributed by atoms with Crippen LogP contribution in [0.2, 0.25) is 0 Å². The molecule has 10 heteroatoms. The number of hydrogen-bond acceptors (Lipinski definition) is 7. The fourth-order valence-electron chi connectivity index (χ4n) is 4.42. The van der Waals surface area contributed by atoms with Gasteiger partial charge in [-0.3, -0.25) is 14.4 Å². The second kappa shape index (κ2) is 15.4. The largest absolute Gasteiger partial charge is 0.450 e. The van der Waals surface area contributed by atoms with E-state index < -0.39 is 60.0 Å². The van der Waals surface area contributed by atoms with Crippen LogP contribution in [-0.4, -0.2) is 60.0 Å². The van der Waals surface area contributed by atoms with Crippen molar-refractivity contribution in [2.75, 3.05) is 0 Å². The Kier molecular flexibility index (Phi) is 12.6. The second-order valence-corrected chi connectivity index (χ2v) is 11.6. The third-order valence-electron chi connectivity index (χ3n) is 6.62. The highest BCUT2D eigenvalue weighted by Crippen LogP contribution is 2.17. The zero-order chi connectivity index (χ0) is 30.0. The molecular weight excluding hydrogens is 514 g/mol. The fourth-order valence-corrected chi connectivity index (χ4v) is 4.42. The summed E-state index contributed by atoms with van der Waals surface area (Å²) in [6.45, 7) is 12.8. The molecule has 0 unspecified atom stereocenters. The van der Waals surface area contributed by atoms with Gasteiger partial charge in [-0.25, -0.2) is 9.59 Å². The number of ether oxygens (including phenoxy) is 2. The Bertz CT molecular complexity index is 1030. The van der Waals surface area contributed by atoms with E-state index in [4.69, 9.17) is 9.47 Å². The van der Waals surface area contributed by atoms with E-state index >= 15 is 0 Å². The Hall–Kier alpha value is -3.43. The van der Waals surface area contributed by atoms with E-state index in [0.717, 1.165) is 5.56 Å². The SMILES string of the molecule is CC[C@@H]1NC(=O)[C@H](C(C)C)NC(=O)[C@@H](CC(C)C)NC(=O)[C@H](CC(C)C)OC(=O)[C@H](Cc2ccccc2)OC1=O. The van der Waals surface area contributed by atoms with Crippen molar-refractivity contribution >= 4 is 29.7 Å². The van der Waals surface area contributed by atoms with Gasteiger partial charge < -0.3 is 25.4 Å². The highest BCUT2D eigenvalue weighted by Gasteiger charge is 2.37. The van der Waals surface area contributed by atoms with E-state index in [1.807, 2.05) is 33.8 Å². The molecule has 1 saturated heterocycles. The molecule has 1 heterocycles. The van der Waals surface area contributed by atoms with Crippen LogP contribution in [0.1, 0.15) is 73.3 Å². The molecule has 0 aliphatic carbocycles. The molecule has 0 radical (unpaired) electrons. The lowest BCUT2D eigenvalue weighted by molar-refractivity contribution is -0.175. The second-order valence-electron chi connectivity index (χ2n) is 11.6. The summed E-state index contributed by atoms with van der Waals surface area (Å²) < 4.78 is 11.3. The maximum absolute atomic E-state index is 13.4. The van der Waals surface area contributed by atoms with Crippen molar-refractivity contribution in [3.8, 4) is 0 Å². The lowest BCUT2D eigenvalue weighted by Crippen LogP contribution is -2.58. The van der Waals surface area contributed by atoms with Crippen LogP contribution in [0.4, 0.5) is 0 Å². The summed E-state index contributed by atoms with van der Waals surface area (Å²) >= 11 is 0. The summed E-state index contributed by atoms with van der Waals surface area (Å²) in [4.78, 5) is 66.6. The van der Waals surface area contributed by atoms with Gasteiger partial charge in [-0.1, -0.05) is 78.8 Å². The first kappa shape index (κ1) is 32.8. The third kappa shape index (κ3) is 9.95. The molecule has 0 bridgehead atoms. The van der Waals surface area contributed by atoms with Crippen LogP contribution in [0.5, 0.6) is 0 Å². The van der Waals surface area contributed by atoms with Crippen molar-refractivity contribution in [2.45, 2.75) is 104 Å². The van der Waals surface area contributed by atoms with Gasteiger partial charge >= 0.3 is 11.9 Å². The van der Waals surface area contributed by atoms with Gasteiger partial charge in [0.2, 0.25) is 17.9 Å². The molecule has 1 aromatic carbocycles. The van der Waals surface area contributed by atoms with Gasteiger partial charge in [0.25, 0.3) is 5.91 Å². The number of rotatable bonds is 8. The first-order chi connectivity index (χ1) is 18.8. The maximum Gasteiger partial charge on any atom is 0.348 e. The number of carbonyl (C=O) groups is 5. The minimum Gasteiger partial charge on any atom is -0.450 e. The van der Waals surface area contributed by atoms with E-state index in [9.17, 15) is 24.0 Å². The highest BCUT2D eigenvalue weighted by atomic mass is 16.6. The lowest BCUT2D eigenvalue weighted by atomic mass is 9.99. The van der Waals surface area contributed by atoms with Crippen LogP contribution < -0.4 is 16.0 Å². The Morgan fingerprint density at radius 1 is 0.675 bits per heavy atom. The van der Waals surface area contributed by atoms with Crippen molar-refractivity contribution in [2.24, 2.45) is 17.8 Å². The van der Waals surface area contributed by atoms with Gasteiger partial charge in [-0.2, -0.15) is 0 Å². The minimum absolute atomic E-state index is 0.0188. The van der Waals surface area contributed by atoms with E-state index in [0.29, 0.717) is 6.42 Å². The smallest absolute Gasteiger partial charge is 0.348 e. The van der Waals surface area contributed by atoms with Gasteiger partial charge in [0.05, 0.1) is 0 Å². The van der Waals surface area contributed by atoms with Crippen LogP contribution in [0.15, 0.2) is 30.3 Å². The van der Waals surface area contributed by atoms with Gasteiger partial charge in [0, 0.05) is 6.42 Å². The molecule has 3 amide bonds.